The quantitative estimate of drug-likeness (QED) is 0.668. The van der Waals surface area contributed by atoms with Crippen LogP contribution in [0.1, 0.15) is 29.2 Å². The minimum Gasteiger partial charge on any atom is -0.306 e. The summed E-state index contributed by atoms with van der Waals surface area (Å²) in [6.45, 7) is 0.511. The summed E-state index contributed by atoms with van der Waals surface area (Å²) in [6.07, 6.45) is 2.08. The van der Waals surface area contributed by atoms with Crippen LogP contribution in [-0.2, 0) is 13.0 Å². The highest BCUT2D eigenvalue weighted by Crippen LogP contribution is 2.33. The van der Waals surface area contributed by atoms with Crippen LogP contribution in [0.15, 0.2) is 46.9 Å². The molecule has 0 saturated carbocycles. The summed E-state index contributed by atoms with van der Waals surface area (Å²) in [5.74, 6) is 0. The van der Waals surface area contributed by atoms with Crippen molar-refractivity contribution in [2.24, 2.45) is 0 Å². The number of hydrogen-bond donors (Lipinski definition) is 1. The number of aryl methyl sites for hydroxylation is 1. The maximum absolute atomic E-state index is 11.0. The molecule has 5 heteroatoms. The van der Waals surface area contributed by atoms with Crippen molar-refractivity contribution in [3.05, 3.63) is 73.7 Å². The number of nitrogens with one attached hydrogen (secondary N) is 1. The van der Waals surface area contributed by atoms with Gasteiger partial charge in [-0.2, -0.15) is 0 Å². The second-order valence-electron chi connectivity index (χ2n) is 5.20. The van der Waals surface area contributed by atoms with Crippen LogP contribution >= 0.6 is 15.9 Å². The van der Waals surface area contributed by atoms with E-state index in [4.69, 9.17) is 0 Å². The van der Waals surface area contributed by atoms with E-state index >= 15 is 0 Å². The second-order valence-corrected chi connectivity index (χ2v) is 6.12. The third kappa shape index (κ3) is 2.99. The number of hydrogen-bond acceptors (Lipinski definition) is 3. The number of rotatable bonds is 4. The van der Waals surface area contributed by atoms with Crippen molar-refractivity contribution in [1.29, 1.82) is 0 Å². The summed E-state index contributed by atoms with van der Waals surface area (Å²) in [5, 5.41) is 14.5. The molecular formula is C16H15BrN2O2. The molecule has 0 heterocycles. The van der Waals surface area contributed by atoms with Gasteiger partial charge in [-0.05, 0) is 36.1 Å². The number of fused-ring (bicyclic) bond motifs is 1. The fourth-order valence-electron chi connectivity index (χ4n) is 2.87. The highest BCUT2D eigenvalue weighted by molar-refractivity contribution is 9.10. The SMILES string of the molecule is O=[N+]([O-])c1ccccc1CNC1CCc2cc(Br)ccc21. The molecule has 0 bridgehead atoms. The van der Waals surface area contributed by atoms with Crippen LogP contribution in [0.25, 0.3) is 0 Å². The van der Waals surface area contributed by atoms with E-state index in [1.807, 2.05) is 18.2 Å². The Labute approximate surface area is 131 Å². The first kappa shape index (κ1) is 14.2. The minimum atomic E-state index is -0.323. The van der Waals surface area contributed by atoms with E-state index in [2.05, 4.69) is 33.4 Å². The number of nitro groups is 1. The fraction of sp³-hybridized carbons (Fsp3) is 0.250. The maximum Gasteiger partial charge on any atom is 0.273 e. The van der Waals surface area contributed by atoms with E-state index in [1.54, 1.807) is 12.1 Å². The molecule has 2 aromatic carbocycles. The van der Waals surface area contributed by atoms with E-state index < -0.39 is 0 Å². The van der Waals surface area contributed by atoms with Gasteiger partial charge in [0.05, 0.1) is 4.92 Å². The van der Waals surface area contributed by atoms with Gasteiger partial charge in [-0.25, -0.2) is 0 Å². The first-order chi connectivity index (χ1) is 10.1. The van der Waals surface area contributed by atoms with Crippen molar-refractivity contribution >= 4 is 21.6 Å². The van der Waals surface area contributed by atoms with Gasteiger partial charge < -0.3 is 5.32 Å². The normalized spacial score (nSPS) is 16.7. The Kier molecular flexibility index (Phi) is 4.03. The lowest BCUT2D eigenvalue weighted by molar-refractivity contribution is -0.385. The van der Waals surface area contributed by atoms with Crippen molar-refractivity contribution in [2.45, 2.75) is 25.4 Å². The van der Waals surface area contributed by atoms with Gasteiger partial charge in [0.2, 0.25) is 0 Å². The third-order valence-electron chi connectivity index (χ3n) is 3.91. The molecule has 1 aliphatic rings. The van der Waals surface area contributed by atoms with Crippen LogP contribution < -0.4 is 5.32 Å². The number of halogens is 1. The summed E-state index contributed by atoms with van der Waals surface area (Å²) in [6, 6.07) is 13.5. The van der Waals surface area contributed by atoms with E-state index in [0.29, 0.717) is 6.54 Å². The molecule has 2 aromatic rings. The summed E-state index contributed by atoms with van der Waals surface area (Å²) in [7, 11) is 0. The molecular weight excluding hydrogens is 332 g/mol. The van der Waals surface area contributed by atoms with Gasteiger partial charge in [0.15, 0.2) is 0 Å². The Hall–Kier alpha value is -1.72. The molecule has 0 radical (unpaired) electrons. The Morgan fingerprint density at radius 1 is 1.29 bits per heavy atom. The zero-order valence-electron chi connectivity index (χ0n) is 11.4. The van der Waals surface area contributed by atoms with Crippen molar-refractivity contribution < 1.29 is 4.92 Å². The zero-order chi connectivity index (χ0) is 14.8. The monoisotopic (exact) mass is 346 g/mol. The van der Waals surface area contributed by atoms with Gasteiger partial charge in [0.1, 0.15) is 0 Å². The van der Waals surface area contributed by atoms with E-state index in [9.17, 15) is 10.1 Å². The van der Waals surface area contributed by atoms with Crippen molar-refractivity contribution in [3.63, 3.8) is 0 Å². The average Bonchev–Trinajstić information content (AvgIpc) is 2.87. The first-order valence-corrected chi connectivity index (χ1v) is 7.68. The van der Waals surface area contributed by atoms with Gasteiger partial charge in [-0.3, -0.25) is 10.1 Å². The standard InChI is InChI=1S/C16H15BrN2O2/c17-13-6-7-14-11(9-13)5-8-15(14)18-10-12-3-1-2-4-16(12)19(20)21/h1-4,6-7,9,15,18H,5,8,10H2. The second kappa shape index (κ2) is 5.95. The average molecular weight is 347 g/mol. The molecule has 0 aromatic heterocycles. The number of benzene rings is 2. The molecule has 4 nitrogen and oxygen atoms in total. The first-order valence-electron chi connectivity index (χ1n) is 6.89. The maximum atomic E-state index is 11.0. The topological polar surface area (TPSA) is 55.2 Å². The Morgan fingerprint density at radius 2 is 2.10 bits per heavy atom. The van der Waals surface area contributed by atoms with Crippen LogP contribution in [-0.4, -0.2) is 4.92 Å². The molecule has 108 valence electrons. The van der Waals surface area contributed by atoms with Crippen molar-refractivity contribution in [1.82, 2.24) is 5.32 Å². The van der Waals surface area contributed by atoms with Crippen LogP contribution in [0.3, 0.4) is 0 Å². The molecule has 1 atom stereocenters. The van der Waals surface area contributed by atoms with Crippen LogP contribution in [0.5, 0.6) is 0 Å². The largest absolute Gasteiger partial charge is 0.306 e. The Balaban J connectivity index is 1.75. The highest BCUT2D eigenvalue weighted by Gasteiger charge is 2.23. The van der Waals surface area contributed by atoms with E-state index in [0.717, 1.165) is 22.9 Å². The van der Waals surface area contributed by atoms with Crippen LogP contribution in [0.2, 0.25) is 0 Å². The third-order valence-corrected chi connectivity index (χ3v) is 4.40. The van der Waals surface area contributed by atoms with E-state index in [1.165, 1.54) is 11.1 Å². The van der Waals surface area contributed by atoms with Gasteiger partial charge in [0.25, 0.3) is 5.69 Å². The molecule has 0 spiro atoms. The van der Waals surface area contributed by atoms with E-state index in [-0.39, 0.29) is 16.7 Å². The smallest absolute Gasteiger partial charge is 0.273 e. The molecule has 1 unspecified atom stereocenters. The molecule has 1 N–H and O–H groups in total. The number of nitrogens with zero attached hydrogens (tertiary/aromatic N) is 1. The Bertz CT molecular complexity index is 688. The van der Waals surface area contributed by atoms with Gasteiger partial charge in [-0.15, -0.1) is 0 Å². The number of para-hydroxylation sites is 1. The van der Waals surface area contributed by atoms with Crippen molar-refractivity contribution in [2.75, 3.05) is 0 Å². The van der Waals surface area contributed by atoms with Crippen LogP contribution in [0.4, 0.5) is 5.69 Å². The predicted molar refractivity (Wildman–Crippen MR) is 85.1 cm³/mol. The highest BCUT2D eigenvalue weighted by atomic mass is 79.9. The Morgan fingerprint density at radius 3 is 2.90 bits per heavy atom. The summed E-state index contributed by atoms with van der Waals surface area (Å²) in [4.78, 5) is 10.7. The fourth-order valence-corrected chi connectivity index (χ4v) is 3.28. The lowest BCUT2D eigenvalue weighted by Crippen LogP contribution is -2.19. The molecule has 0 aliphatic heterocycles. The number of nitro benzene ring substituents is 1. The predicted octanol–water partition coefficient (Wildman–Crippen LogP) is 4.13. The lowest BCUT2D eigenvalue weighted by atomic mass is 10.1. The van der Waals surface area contributed by atoms with Crippen molar-refractivity contribution in [3.8, 4) is 0 Å². The molecule has 0 saturated heterocycles. The molecule has 0 amide bonds. The molecule has 1 aliphatic carbocycles. The van der Waals surface area contributed by atoms with Gasteiger partial charge in [-0.1, -0.05) is 40.2 Å². The summed E-state index contributed by atoms with van der Waals surface area (Å²) >= 11 is 3.49. The van der Waals surface area contributed by atoms with Gasteiger partial charge >= 0.3 is 0 Å². The molecule has 3 rings (SSSR count). The van der Waals surface area contributed by atoms with Gasteiger partial charge in [0, 0.05) is 28.7 Å². The molecule has 0 fully saturated rings. The van der Waals surface area contributed by atoms with Crippen LogP contribution in [0, 0.1) is 10.1 Å². The lowest BCUT2D eigenvalue weighted by Gasteiger charge is -2.14. The summed E-state index contributed by atoms with van der Waals surface area (Å²) < 4.78 is 1.10. The summed E-state index contributed by atoms with van der Waals surface area (Å²) in [5.41, 5.74) is 3.56. The minimum absolute atomic E-state index is 0.180. The molecule has 21 heavy (non-hydrogen) atoms. The zero-order valence-corrected chi connectivity index (χ0v) is 13.0.